The van der Waals surface area contributed by atoms with Gasteiger partial charge in [0.05, 0.1) is 0 Å². The number of hydrogen-bond donors (Lipinski definition) is 0. The average molecular weight is 345 g/mol. The molecule has 0 radical (unpaired) electrons. The number of nitrogens with zero attached hydrogens (tertiary/aromatic N) is 1. The number of aryl methyl sites for hydroxylation is 1. The standard InChI is InChI=1S/C6H5I2N/c1-4-2-6(8)9-3-5(4)7/h2-3H,1H3. The van der Waals surface area contributed by atoms with Crippen LogP contribution in [-0.4, -0.2) is 4.98 Å². The van der Waals surface area contributed by atoms with E-state index in [1.807, 2.05) is 6.20 Å². The van der Waals surface area contributed by atoms with Gasteiger partial charge in [-0.25, -0.2) is 4.98 Å². The molecule has 1 rings (SSSR count). The lowest BCUT2D eigenvalue weighted by atomic mass is 10.3. The minimum Gasteiger partial charge on any atom is -0.249 e. The molecule has 0 unspecified atom stereocenters. The predicted molar refractivity (Wildman–Crippen MR) is 54.4 cm³/mol. The van der Waals surface area contributed by atoms with Crippen LogP contribution in [0.4, 0.5) is 0 Å². The van der Waals surface area contributed by atoms with E-state index in [1.165, 1.54) is 9.13 Å². The maximum absolute atomic E-state index is 4.12. The molecule has 0 bridgehead atoms. The lowest BCUT2D eigenvalue weighted by Gasteiger charge is -1.94. The van der Waals surface area contributed by atoms with E-state index in [1.54, 1.807) is 0 Å². The van der Waals surface area contributed by atoms with E-state index in [0.29, 0.717) is 0 Å². The third kappa shape index (κ3) is 2.03. The van der Waals surface area contributed by atoms with Crippen LogP contribution >= 0.6 is 45.2 Å². The van der Waals surface area contributed by atoms with Gasteiger partial charge in [0, 0.05) is 9.77 Å². The van der Waals surface area contributed by atoms with Gasteiger partial charge in [-0.3, -0.25) is 0 Å². The second-order valence-corrected chi connectivity index (χ2v) is 4.02. The Morgan fingerprint density at radius 3 is 2.56 bits per heavy atom. The van der Waals surface area contributed by atoms with Crippen LogP contribution in [0.5, 0.6) is 0 Å². The molecule has 0 aromatic carbocycles. The number of rotatable bonds is 0. The van der Waals surface area contributed by atoms with Crippen LogP contribution in [-0.2, 0) is 0 Å². The van der Waals surface area contributed by atoms with Crippen LogP contribution in [0.1, 0.15) is 5.56 Å². The van der Waals surface area contributed by atoms with E-state index in [2.05, 4.69) is 63.2 Å². The zero-order valence-electron chi connectivity index (χ0n) is 4.86. The Labute approximate surface area is 81.5 Å². The fraction of sp³-hybridized carbons (Fsp3) is 0.167. The Hall–Kier alpha value is 0.610. The molecule has 1 nitrogen and oxygen atoms in total. The Kier molecular flexibility index (Phi) is 2.69. The molecule has 0 aliphatic heterocycles. The molecule has 0 spiro atoms. The first-order valence-corrected chi connectivity index (χ1v) is 4.63. The highest BCUT2D eigenvalue weighted by molar-refractivity contribution is 14.1. The van der Waals surface area contributed by atoms with Crippen LogP contribution in [0.2, 0.25) is 0 Å². The lowest BCUT2D eigenvalue weighted by molar-refractivity contribution is 1.21. The molecule has 0 atom stereocenters. The quantitative estimate of drug-likeness (QED) is 0.521. The molecule has 0 saturated carbocycles. The van der Waals surface area contributed by atoms with Crippen LogP contribution in [0.3, 0.4) is 0 Å². The fourth-order valence-corrected chi connectivity index (χ4v) is 1.41. The zero-order valence-corrected chi connectivity index (χ0v) is 9.17. The fourth-order valence-electron chi connectivity index (χ4n) is 0.505. The summed E-state index contributed by atoms with van der Waals surface area (Å²) in [6.07, 6.45) is 1.89. The summed E-state index contributed by atoms with van der Waals surface area (Å²) in [6.45, 7) is 2.09. The normalized spacial score (nSPS) is 9.67. The molecular formula is C6H5I2N. The summed E-state index contributed by atoms with van der Waals surface area (Å²) in [4.78, 5) is 4.12. The van der Waals surface area contributed by atoms with Crippen LogP contribution in [0.25, 0.3) is 0 Å². The summed E-state index contributed by atoms with van der Waals surface area (Å²) in [7, 11) is 0. The van der Waals surface area contributed by atoms with E-state index in [4.69, 9.17) is 0 Å². The summed E-state index contributed by atoms with van der Waals surface area (Å²) in [6, 6.07) is 2.07. The van der Waals surface area contributed by atoms with Crippen LogP contribution < -0.4 is 0 Å². The van der Waals surface area contributed by atoms with Gasteiger partial charge in [-0.15, -0.1) is 0 Å². The van der Waals surface area contributed by atoms with Crippen LogP contribution in [0, 0.1) is 14.2 Å². The number of aromatic nitrogens is 1. The first-order valence-electron chi connectivity index (χ1n) is 2.48. The predicted octanol–water partition coefficient (Wildman–Crippen LogP) is 2.60. The van der Waals surface area contributed by atoms with Crippen molar-refractivity contribution in [3.05, 3.63) is 25.1 Å². The highest BCUT2D eigenvalue weighted by Crippen LogP contribution is 2.11. The molecule has 1 aromatic heterocycles. The van der Waals surface area contributed by atoms with Gasteiger partial charge in [0.1, 0.15) is 3.70 Å². The van der Waals surface area contributed by atoms with E-state index >= 15 is 0 Å². The monoisotopic (exact) mass is 345 g/mol. The van der Waals surface area contributed by atoms with Crippen molar-refractivity contribution in [3.63, 3.8) is 0 Å². The Morgan fingerprint density at radius 2 is 2.11 bits per heavy atom. The number of hydrogen-bond acceptors (Lipinski definition) is 1. The largest absolute Gasteiger partial charge is 0.249 e. The van der Waals surface area contributed by atoms with Crippen molar-refractivity contribution in [1.82, 2.24) is 4.98 Å². The Morgan fingerprint density at radius 1 is 1.44 bits per heavy atom. The topological polar surface area (TPSA) is 12.9 Å². The molecule has 0 N–H and O–H groups in total. The van der Waals surface area contributed by atoms with Gasteiger partial charge in [-0.05, 0) is 63.7 Å². The number of halogens is 2. The zero-order chi connectivity index (χ0) is 6.85. The maximum Gasteiger partial charge on any atom is 0.101 e. The van der Waals surface area contributed by atoms with Crippen molar-refractivity contribution in [2.24, 2.45) is 0 Å². The summed E-state index contributed by atoms with van der Waals surface area (Å²) in [5.41, 5.74) is 1.30. The summed E-state index contributed by atoms with van der Waals surface area (Å²) in [5.74, 6) is 0. The van der Waals surface area contributed by atoms with Crippen molar-refractivity contribution < 1.29 is 0 Å². The minimum atomic E-state index is 1.06. The van der Waals surface area contributed by atoms with Gasteiger partial charge in [0.25, 0.3) is 0 Å². The first kappa shape index (κ1) is 7.71. The Bertz CT molecular complexity index is 222. The highest BCUT2D eigenvalue weighted by atomic mass is 127. The van der Waals surface area contributed by atoms with Crippen molar-refractivity contribution in [3.8, 4) is 0 Å². The van der Waals surface area contributed by atoms with Gasteiger partial charge in [-0.2, -0.15) is 0 Å². The van der Waals surface area contributed by atoms with Crippen molar-refractivity contribution in [2.75, 3.05) is 0 Å². The molecule has 1 heterocycles. The van der Waals surface area contributed by atoms with Crippen molar-refractivity contribution in [1.29, 1.82) is 0 Å². The second kappa shape index (κ2) is 3.14. The summed E-state index contributed by atoms with van der Waals surface area (Å²) in [5, 5.41) is 0. The van der Waals surface area contributed by atoms with Crippen molar-refractivity contribution in [2.45, 2.75) is 6.92 Å². The van der Waals surface area contributed by atoms with Crippen molar-refractivity contribution >= 4 is 45.2 Å². The molecule has 0 aliphatic carbocycles. The molecule has 0 fully saturated rings. The molecular weight excluding hydrogens is 340 g/mol. The second-order valence-electron chi connectivity index (χ2n) is 1.76. The Balaban J connectivity index is 3.17. The molecule has 3 heteroatoms. The van der Waals surface area contributed by atoms with Gasteiger partial charge >= 0.3 is 0 Å². The lowest BCUT2D eigenvalue weighted by Crippen LogP contribution is -1.84. The third-order valence-corrected chi connectivity index (χ3v) is 2.73. The third-order valence-electron chi connectivity index (χ3n) is 1.01. The van der Waals surface area contributed by atoms with E-state index in [9.17, 15) is 0 Å². The molecule has 9 heavy (non-hydrogen) atoms. The van der Waals surface area contributed by atoms with E-state index in [0.717, 1.165) is 3.70 Å². The van der Waals surface area contributed by atoms with Crippen LogP contribution in [0.15, 0.2) is 12.3 Å². The smallest absolute Gasteiger partial charge is 0.101 e. The maximum atomic E-state index is 4.12. The van der Waals surface area contributed by atoms with Gasteiger partial charge in [0.15, 0.2) is 0 Å². The highest BCUT2D eigenvalue weighted by Gasteiger charge is 1.93. The number of pyridine rings is 1. The van der Waals surface area contributed by atoms with Gasteiger partial charge < -0.3 is 0 Å². The molecule has 48 valence electrons. The molecule has 0 aliphatic rings. The van der Waals surface area contributed by atoms with E-state index in [-0.39, 0.29) is 0 Å². The van der Waals surface area contributed by atoms with Gasteiger partial charge in [-0.1, -0.05) is 0 Å². The molecule has 0 saturated heterocycles. The summed E-state index contributed by atoms with van der Waals surface area (Å²) >= 11 is 4.48. The molecule has 1 aromatic rings. The molecule has 0 amide bonds. The van der Waals surface area contributed by atoms with E-state index < -0.39 is 0 Å². The minimum absolute atomic E-state index is 1.06. The average Bonchev–Trinajstić information content (AvgIpc) is 1.80. The SMILES string of the molecule is Cc1cc(I)ncc1I. The summed E-state index contributed by atoms with van der Waals surface area (Å²) < 4.78 is 2.29. The van der Waals surface area contributed by atoms with Gasteiger partial charge in [0.2, 0.25) is 0 Å². The first-order chi connectivity index (χ1) is 4.20.